The van der Waals surface area contributed by atoms with Gasteiger partial charge in [-0.25, -0.2) is 4.79 Å². The van der Waals surface area contributed by atoms with Crippen molar-refractivity contribution in [3.63, 3.8) is 0 Å². The summed E-state index contributed by atoms with van der Waals surface area (Å²) in [5, 5.41) is 15.7. The van der Waals surface area contributed by atoms with Crippen LogP contribution in [0.1, 0.15) is 45.4 Å². The van der Waals surface area contributed by atoms with Crippen LogP contribution < -0.4 is 11.1 Å². The average Bonchev–Trinajstić information content (AvgIpc) is 3.53. The molecule has 1 aliphatic heterocycles. The summed E-state index contributed by atoms with van der Waals surface area (Å²) in [6, 6.07) is 3.44. The predicted octanol–water partition coefficient (Wildman–Crippen LogP) is 4.00. The number of hydrogen-bond donors (Lipinski definition) is 3. The molecule has 2 heterocycles. The van der Waals surface area contributed by atoms with Gasteiger partial charge in [0.15, 0.2) is 11.9 Å². The normalized spacial score (nSPS) is 30.6. The van der Waals surface area contributed by atoms with Crippen molar-refractivity contribution in [1.29, 1.82) is 0 Å². The van der Waals surface area contributed by atoms with E-state index in [1.54, 1.807) is 56.5 Å². The molecule has 1 aromatic rings. The van der Waals surface area contributed by atoms with Crippen molar-refractivity contribution in [2.75, 3.05) is 21.3 Å². The van der Waals surface area contributed by atoms with Crippen molar-refractivity contribution in [2.45, 2.75) is 65.0 Å². The number of ether oxygens (including phenoxy) is 4. The molecule has 2 amide bonds. The summed E-state index contributed by atoms with van der Waals surface area (Å²) < 4.78 is 22.2. The fourth-order valence-corrected chi connectivity index (χ4v) is 6.28. The Morgan fingerprint density at radius 1 is 1.09 bits per heavy atom. The zero-order valence-corrected chi connectivity index (χ0v) is 27.4. The lowest BCUT2D eigenvalue weighted by molar-refractivity contribution is -0.120. The third-order valence-corrected chi connectivity index (χ3v) is 8.76. The van der Waals surface area contributed by atoms with Crippen molar-refractivity contribution in [1.82, 2.24) is 5.32 Å². The summed E-state index contributed by atoms with van der Waals surface area (Å²) in [5.74, 6) is -2.42. The molecule has 1 aliphatic carbocycles. The minimum atomic E-state index is -1.01. The van der Waals surface area contributed by atoms with Crippen LogP contribution in [0.2, 0.25) is 0 Å². The van der Waals surface area contributed by atoms with Crippen LogP contribution in [0, 0.1) is 11.8 Å². The number of carbonyl (C=O) groups is 4. The van der Waals surface area contributed by atoms with Gasteiger partial charge < -0.3 is 35.1 Å². The minimum Gasteiger partial charge on any atom is -0.492 e. The highest BCUT2D eigenvalue weighted by atomic mass is 32.1. The largest absolute Gasteiger partial charge is 0.492 e. The second-order valence-corrected chi connectivity index (χ2v) is 12.2. The zero-order chi connectivity index (χ0) is 33.4. The molecule has 6 atom stereocenters. The number of aliphatic hydroxyl groups is 1. The molecule has 0 unspecified atom stereocenters. The van der Waals surface area contributed by atoms with Gasteiger partial charge in [-0.15, -0.1) is 11.3 Å². The van der Waals surface area contributed by atoms with Crippen LogP contribution in [0.3, 0.4) is 0 Å². The number of nitrogens with one attached hydrogen (secondary N) is 1. The third kappa shape index (κ3) is 8.46. The van der Waals surface area contributed by atoms with Gasteiger partial charge in [-0.1, -0.05) is 44.2 Å². The smallest absolute Gasteiger partial charge is 0.405 e. The summed E-state index contributed by atoms with van der Waals surface area (Å²) in [6.45, 7) is 6.97. The highest BCUT2D eigenvalue weighted by Crippen LogP contribution is 2.36. The number of thiophene rings is 1. The number of amides is 2. The predicted molar refractivity (Wildman–Crippen MR) is 170 cm³/mol. The van der Waals surface area contributed by atoms with Crippen LogP contribution in [0.5, 0.6) is 0 Å². The monoisotopic (exact) mass is 642 g/mol. The molecule has 11 nitrogen and oxygen atoms in total. The third-order valence-electron chi connectivity index (χ3n) is 7.87. The minimum absolute atomic E-state index is 0.0530. The van der Waals surface area contributed by atoms with E-state index in [0.717, 1.165) is 0 Å². The summed E-state index contributed by atoms with van der Waals surface area (Å²) in [5.41, 5.74) is 6.23. The molecule has 4 N–H and O–H groups in total. The number of methoxy groups -OCH3 is 3. The van der Waals surface area contributed by atoms with E-state index in [-0.39, 0.29) is 40.5 Å². The fraction of sp³-hybridized carbons (Fsp3) is 0.455. The van der Waals surface area contributed by atoms with Gasteiger partial charge in [0.05, 0.1) is 24.9 Å². The number of primary amides is 1. The molecule has 45 heavy (non-hydrogen) atoms. The van der Waals surface area contributed by atoms with Crippen molar-refractivity contribution < 1.29 is 43.2 Å². The maximum Gasteiger partial charge on any atom is 0.405 e. The van der Waals surface area contributed by atoms with E-state index in [9.17, 15) is 24.3 Å². The van der Waals surface area contributed by atoms with Crippen LogP contribution in [0.25, 0.3) is 5.57 Å². The number of carbonyl (C=O) groups excluding carboxylic acids is 4. The molecule has 2 bridgehead atoms. The number of nitrogens with two attached hydrogens (primary N) is 1. The lowest BCUT2D eigenvalue weighted by atomic mass is 9.83. The van der Waals surface area contributed by atoms with Crippen molar-refractivity contribution >= 4 is 40.5 Å². The molecule has 0 fully saturated rings. The molecule has 1 aromatic heterocycles. The molecule has 0 spiro atoms. The average molecular weight is 643 g/mol. The number of rotatable bonds is 5. The summed E-state index contributed by atoms with van der Waals surface area (Å²) in [7, 11) is 4.25. The van der Waals surface area contributed by atoms with Gasteiger partial charge in [-0.05, 0) is 49.6 Å². The first kappa shape index (κ1) is 35.6. The van der Waals surface area contributed by atoms with Gasteiger partial charge in [0, 0.05) is 36.2 Å². The number of allylic oxidation sites excluding steroid dienone is 4. The maximum absolute atomic E-state index is 14.0. The van der Waals surface area contributed by atoms with Crippen LogP contribution >= 0.6 is 11.3 Å². The topological polar surface area (TPSA) is 163 Å². The van der Waals surface area contributed by atoms with E-state index < -0.39 is 53.9 Å². The van der Waals surface area contributed by atoms with Crippen LogP contribution in [-0.2, 0) is 33.3 Å². The first-order valence-electron chi connectivity index (χ1n) is 14.5. The highest BCUT2D eigenvalue weighted by molar-refractivity contribution is 7.11. The first-order valence-corrected chi connectivity index (χ1v) is 15.4. The Morgan fingerprint density at radius 3 is 2.38 bits per heavy atom. The van der Waals surface area contributed by atoms with Crippen LogP contribution in [0.15, 0.2) is 70.0 Å². The number of aliphatic hydroxyl groups excluding tert-OH is 1. The summed E-state index contributed by atoms with van der Waals surface area (Å²) >= 11 is 1.26. The van der Waals surface area contributed by atoms with Gasteiger partial charge in [-0.2, -0.15) is 0 Å². The molecule has 0 saturated heterocycles. The van der Waals surface area contributed by atoms with Gasteiger partial charge in [0.1, 0.15) is 11.8 Å². The lowest BCUT2D eigenvalue weighted by Gasteiger charge is -2.30. The molecule has 2 aliphatic rings. The maximum atomic E-state index is 14.0. The molecule has 0 saturated carbocycles. The quantitative estimate of drug-likeness (QED) is 0.318. The van der Waals surface area contributed by atoms with Gasteiger partial charge >= 0.3 is 6.09 Å². The first-order chi connectivity index (χ1) is 21.3. The Balaban J connectivity index is 2.18. The van der Waals surface area contributed by atoms with Crippen LogP contribution in [-0.4, -0.2) is 74.4 Å². The molecule has 0 radical (unpaired) electrons. The van der Waals surface area contributed by atoms with E-state index in [4.69, 9.17) is 24.7 Å². The fourth-order valence-electron chi connectivity index (χ4n) is 5.50. The second-order valence-electron chi connectivity index (χ2n) is 11.2. The van der Waals surface area contributed by atoms with Gasteiger partial charge in [-0.3, -0.25) is 14.4 Å². The van der Waals surface area contributed by atoms with Crippen molar-refractivity contribution in [3.05, 3.63) is 74.9 Å². The number of hydrogen-bond acceptors (Lipinski definition) is 10. The Morgan fingerprint density at radius 2 is 1.80 bits per heavy atom. The summed E-state index contributed by atoms with van der Waals surface area (Å²) in [4.78, 5) is 53.5. The Bertz CT molecular complexity index is 1440. The lowest BCUT2D eigenvalue weighted by Crippen LogP contribution is -2.37. The van der Waals surface area contributed by atoms with E-state index >= 15 is 0 Å². The molecular formula is C33H42N2O9S. The Hall–Kier alpha value is -3.84. The zero-order valence-electron chi connectivity index (χ0n) is 26.6. The molecule has 12 heteroatoms. The standard InChI is InChI=1S/C33H42N2O9S/c1-17-14-21-28(37)26(25(24-12-9-13-45-24)29(38)31(21)43-7)35-32(39)18(2)10-8-11-22(41-5)30(44-33(34)40)20(4)16-19(3)27(36)23(15-17)42-6/h8-13,16-17,19,22-23,27,30,36H,14-15H2,1-7H3,(H2,34,40)(H,35,39)/b11-8-,18-10+,20-16+/t17-,19+,22-,23+,27-,30+/m1/s1. The highest BCUT2D eigenvalue weighted by Gasteiger charge is 2.39. The van der Waals surface area contributed by atoms with E-state index in [2.05, 4.69) is 5.32 Å². The SMILES string of the molecule is COC1=C2C[C@@H](C)C[C@H](OC)[C@H](O)[C@@H](C)/C=C(\C)[C@H](OC(N)=O)[C@H](OC)/C=C\C=C(/C)C(=O)NC(=C(c3cccs3)C1=O)C2=O. The molecule has 244 valence electrons. The molecule has 0 aromatic carbocycles. The summed E-state index contributed by atoms with van der Waals surface area (Å²) in [6.07, 6.45) is 2.50. The number of Topliss-reactive ketones (excluding diaryl/α,β-unsaturated/α-hetero) is 2. The van der Waals surface area contributed by atoms with Gasteiger partial charge in [0.25, 0.3) is 5.91 Å². The van der Waals surface area contributed by atoms with E-state index in [0.29, 0.717) is 16.9 Å². The van der Waals surface area contributed by atoms with Crippen LogP contribution in [0.4, 0.5) is 4.79 Å². The Kier molecular flexibility index (Phi) is 12.6. The number of fused-ring (bicyclic) bond motifs is 2. The number of ketones is 2. The Labute approximate surface area is 267 Å². The van der Waals surface area contributed by atoms with E-state index in [1.807, 2.05) is 6.92 Å². The molecular weight excluding hydrogens is 600 g/mol. The second kappa shape index (κ2) is 15.9. The van der Waals surface area contributed by atoms with Gasteiger partial charge in [0.2, 0.25) is 11.6 Å². The van der Waals surface area contributed by atoms with E-state index in [1.165, 1.54) is 38.7 Å². The van der Waals surface area contributed by atoms with Crippen molar-refractivity contribution in [3.8, 4) is 0 Å². The molecule has 3 rings (SSSR count). The van der Waals surface area contributed by atoms with Crippen molar-refractivity contribution in [2.24, 2.45) is 17.6 Å².